The van der Waals surface area contributed by atoms with Crippen LogP contribution >= 0.6 is 23.7 Å². The van der Waals surface area contributed by atoms with Crippen molar-refractivity contribution in [3.8, 4) is 0 Å². The van der Waals surface area contributed by atoms with Crippen molar-refractivity contribution in [2.45, 2.75) is 91.5 Å². The Morgan fingerprint density at radius 3 is 2.31 bits per heavy atom. The van der Waals surface area contributed by atoms with E-state index in [1.54, 1.807) is 31.2 Å². The molecule has 2 amide bonds. The van der Waals surface area contributed by atoms with Crippen molar-refractivity contribution in [2.24, 2.45) is 23.5 Å². The second kappa shape index (κ2) is 18.2. The maximum atomic E-state index is 13.2. The second-order valence-electron chi connectivity index (χ2n) is 11.2. The van der Waals surface area contributed by atoms with E-state index in [4.69, 9.17) is 10.5 Å². The summed E-state index contributed by atoms with van der Waals surface area (Å²) in [4.78, 5) is 44.6. The maximum absolute atomic E-state index is 13.2. The molecule has 0 spiro atoms. The number of nitrogens with one attached hydrogen (secondary N) is 1. The summed E-state index contributed by atoms with van der Waals surface area (Å²) in [5, 5.41) is 16.1. The van der Waals surface area contributed by atoms with Crippen LogP contribution in [-0.2, 0) is 20.7 Å². The summed E-state index contributed by atoms with van der Waals surface area (Å²) in [5.74, 6) is -1.08. The molecule has 0 unspecified atom stereocenters. The average Bonchev–Trinajstić information content (AvgIpc) is 3.45. The number of hydrogen-bond donors (Lipinski definition) is 3. The SMILES string of the molecule is CCOC(=O)[C@@H](C)C[C@H](Cc1ccccc1)NC(=O)c1csc([C@H](O)C[C@H](C(C)C)N(C)C(=O)[C@@H](N)[C@@H](C)CC)n1.Cl. The van der Waals surface area contributed by atoms with Crippen molar-refractivity contribution in [1.29, 1.82) is 0 Å². The zero-order valence-corrected chi connectivity index (χ0v) is 27.5. The lowest BCUT2D eigenvalue weighted by Crippen LogP contribution is -2.51. The van der Waals surface area contributed by atoms with Gasteiger partial charge in [0.05, 0.1) is 18.6 Å². The molecule has 0 fully saturated rings. The minimum atomic E-state index is -0.951. The van der Waals surface area contributed by atoms with Crippen LogP contribution < -0.4 is 11.1 Å². The Kier molecular flexibility index (Phi) is 16.3. The van der Waals surface area contributed by atoms with Crippen LogP contribution in [0.3, 0.4) is 0 Å². The monoisotopic (exact) mass is 624 g/mol. The van der Waals surface area contributed by atoms with Gasteiger partial charge in [-0.1, -0.05) is 71.4 Å². The van der Waals surface area contributed by atoms with E-state index in [0.717, 1.165) is 12.0 Å². The molecule has 2 rings (SSSR count). The molecule has 6 atom stereocenters. The number of amides is 2. The number of benzene rings is 1. The van der Waals surface area contributed by atoms with Crippen molar-refractivity contribution in [3.63, 3.8) is 0 Å². The van der Waals surface area contributed by atoms with E-state index in [2.05, 4.69) is 10.3 Å². The van der Waals surface area contributed by atoms with Crippen molar-refractivity contribution < 1.29 is 24.2 Å². The van der Waals surface area contributed by atoms with Gasteiger partial charge < -0.3 is 25.8 Å². The molecule has 0 radical (unpaired) electrons. The van der Waals surface area contributed by atoms with Crippen LogP contribution in [0.4, 0.5) is 0 Å². The number of likely N-dealkylation sites (N-methyl/N-ethyl adjacent to an activating group) is 1. The number of aromatic nitrogens is 1. The van der Waals surface area contributed by atoms with Crippen LogP contribution in [0.2, 0.25) is 0 Å². The van der Waals surface area contributed by atoms with Crippen molar-refractivity contribution in [1.82, 2.24) is 15.2 Å². The fourth-order valence-electron chi connectivity index (χ4n) is 4.81. The first-order chi connectivity index (χ1) is 19.4. The number of thiazole rings is 1. The molecule has 0 aliphatic carbocycles. The molecular formula is C31H49ClN4O5S. The number of nitrogens with zero attached hydrogens (tertiary/aromatic N) is 2. The molecule has 0 aliphatic heterocycles. The third-order valence-electron chi connectivity index (χ3n) is 7.65. The molecule has 0 saturated heterocycles. The molecule has 42 heavy (non-hydrogen) atoms. The van der Waals surface area contributed by atoms with E-state index in [9.17, 15) is 19.5 Å². The van der Waals surface area contributed by atoms with Gasteiger partial charge in [0.2, 0.25) is 5.91 Å². The van der Waals surface area contributed by atoms with E-state index in [1.165, 1.54) is 11.3 Å². The number of hydrogen-bond acceptors (Lipinski definition) is 8. The highest BCUT2D eigenvalue weighted by atomic mass is 35.5. The van der Waals surface area contributed by atoms with E-state index >= 15 is 0 Å². The summed E-state index contributed by atoms with van der Waals surface area (Å²) in [5.41, 5.74) is 7.45. The number of ether oxygens (including phenoxy) is 1. The van der Waals surface area contributed by atoms with Crippen LogP contribution in [0.25, 0.3) is 0 Å². The zero-order valence-electron chi connectivity index (χ0n) is 25.9. The average molecular weight is 625 g/mol. The topological polar surface area (TPSA) is 135 Å². The molecule has 1 heterocycles. The van der Waals surface area contributed by atoms with Gasteiger partial charge in [-0.3, -0.25) is 14.4 Å². The van der Waals surface area contributed by atoms with Crippen molar-refractivity contribution in [2.75, 3.05) is 13.7 Å². The van der Waals surface area contributed by atoms with Gasteiger partial charge in [-0.25, -0.2) is 4.98 Å². The molecule has 1 aromatic carbocycles. The molecular weight excluding hydrogens is 576 g/mol. The van der Waals surface area contributed by atoms with Gasteiger partial charge >= 0.3 is 5.97 Å². The minimum Gasteiger partial charge on any atom is -0.466 e. The quantitative estimate of drug-likeness (QED) is 0.229. The summed E-state index contributed by atoms with van der Waals surface area (Å²) in [7, 11) is 1.73. The van der Waals surface area contributed by atoms with E-state index in [0.29, 0.717) is 24.5 Å². The number of aliphatic hydroxyl groups excluding tert-OH is 1. The first-order valence-corrected chi connectivity index (χ1v) is 15.4. The molecule has 0 aliphatic rings. The van der Waals surface area contributed by atoms with Crippen molar-refractivity contribution >= 4 is 41.5 Å². The number of esters is 1. The number of carbonyl (C=O) groups excluding carboxylic acids is 3. The highest BCUT2D eigenvalue weighted by Gasteiger charge is 2.32. The van der Waals surface area contributed by atoms with Gasteiger partial charge in [-0.05, 0) is 37.2 Å². The second-order valence-corrected chi connectivity index (χ2v) is 12.1. The number of carbonyl (C=O) groups is 3. The van der Waals surface area contributed by atoms with E-state index < -0.39 is 18.1 Å². The zero-order chi connectivity index (χ0) is 30.7. The Balaban J connectivity index is 0.00000882. The first-order valence-electron chi connectivity index (χ1n) is 14.6. The lowest BCUT2D eigenvalue weighted by atomic mass is 9.93. The lowest BCUT2D eigenvalue weighted by molar-refractivity contribution is -0.147. The highest BCUT2D eigenvalue weighted by molar-refractivity contribution is 7.09. The fourth-order valence-corrected chi connectivity index (χ4v) is 5.60. The van der Waals surface area contributed by atoms with Crippen LogP contribution in [0.5, 0.6) is 0 Å². The summed E-state index contributed by atoms with van der Waals surface area (Å²) < 4.78 is 5.16. The van der Waals surface area contributed by atoms with Crippen molar-refractivity contribution in [3.05, 3.63) is 52.0 Å². The molecule has 0 saturated carbocycles. The van der Waals surface area contributed by atoms with Gasteiger partial charge in [0.1, 0.15) is 16.8 Å². The lowest BCUT2D eigenvalue weighted by Gasteiger charge is -2.35. The van der Waals surface area contributed by atoms with Crippen LogP contribution in [0.15, 0.2) is 35.7 Å². The third-order valence-corrected chi connectivity index (χ3v) is 8.59. The fraction of sp³-hybridized carbons (Fsp3) is 0.613. The van der Waals surface area contributed by atoms with Crippen LogP contribution in [-0.4, -0.2) is 64.6 Å². The molecule has 236 valence electrons. The number of nitrogens with two attached hydrogens (primary N) is 1. The minimum absolute atomic E-state index is 0. The molecule has 2 aromatic rings. The van der Waals surface area contributed by atoms with Gasteiger partial charge in [-0.15, -0.1) is 23.7 Å². The highest BCUT2D eigenvalue weighted by Crippen LogP contribution is 2.28. The number of rotatable bonds is 16. The number of aliphatic hydroxyl groups is 1. The molecule has 4 N–H and O–H groups in total. The first kappa shape index (κ1) is 37.5. The Labute approximate surface area is 261 Å². The van der Waals surface area contributed by atoms with Gasteiger partial charge in [0, 0.05) is 30.9 Å². The standard InChI is InChI=1S/C31H48N4O5S.ClH/c1-8-20(5)27(32)30(38)35(7)25(19(3)4)17-26(36)29-34-24(18-41-29)28(37)33-23(15-21(6)31(39)40-9-2)16-22-13-11-10-12-14-22;/h10-14,18-21,23,25-27,36H,8-9,15-17,32H2,1-7H3,(H,33,37);1H/t20-,21-,23+,25+,26+,27-;/m0./s1. The molecule has 1 aromatic heterocycles. The Hall–Kier alpha value is -2.53. The molecule has 9 nitrogen and oxygen atoms in total. The Bertz CT molecular complexity index is 1120. The Morgan fingerprint density at radius 2 is 1.74 bits per heavy atom. The van der Waals surface area contributed by atoms with Gasteiger partial charge in [0.15, 0.2) is 0 Å². The summed E-state index contributed by atoms with van der Waals surface area (Å²) in [6, 6.07) is 8.58. The smallest absolute Gasteiger partial charge is 0.308 e. The largest absolute Gasteiger partial charge is 0.466 e. The Morgan fingerprint density at radius 1 is 1.10 bits per heavy atom. The van der Waals surface area contributed by atoms with Gasteiger partial charge in [-0.2, -0.15) is 0 Å². The summed E-state index contributed by atoms with van der Waals surface area (Å²) in [6.07, 6.45) is 1.08. The van der Waals surface area contributed by atoms with Crippen LogP contribution in [0, 0.1) is 17.8 Å². The predicted molar refractivity (Wildman–Crippen MR) is 170 cm³/mol. The van der Waals surface area contributed by atoms with Gasteiger partial charge in [0.25, 0.3) is 5.91 Å². The normalized spacial score (nSPS) is 15.5. The summed E-state index contributed by atoms with van der Waals surface area (Å²) >= 11 is 1.21. The van der Waals surface area contributed by atoms with E-state index in [1.807, 2.05) is 58.0 Å². The third kappa shape index (κ3) is 10.9. The predicted octanol–water partition coefficient (Wildman–Crippen LogP) is 4.78. The van der Waals surface area contributed by atoms with Crippen LogP contribution in [0.1, 0.15) is 88.0 Å². The maximum Gasteiger partial charge on any atom is 0.308 e. The number of halogens is 1. The van der Waals surface area contributed by atoms with E-state index in [-0.39, 0.29) is 66.2 Å². The molecule has 11 heteroatoms. The molecule has 0 bridgehead atoms. The summed E-state index contributed by atoms with van der Waals surface area (Å²) in [6.45, 7) is 11.8.